The highest BCUT2D eigenvalue weighted by Gasteiger charge is 2.36. The Labute approximate surface area is 175 Å². The maximum Gasteiger partial charge on any atom is 0.379 e. The molecule has 1 aliphatic rings. The van der Waals surface area contributed by atoms with E-state index in [4.69, 9.17) is 18.6 Å². The lowest BCUT2D eigenvalue weighted by molar-refractivity contribution is -0.145. The van der Waals surface area contributed by atoms with Crippen molar-refractivity contribution in [3.05, 3.63) is 52.8 Å². The molecule has 0 spiro atoms. The minimum atomic E-state index is -0.689. The number of rotatable bonds is 7. The second-order valence-corrected chi connectivity index (χ2v) is 6.84. The summed E-state index contributed by atoms with van der Waals surface area (Å²) in [5, 5.41) is -0.560. The summed E-state index contributed by atoms with van der Waals surface area (Å²) in [7, 11) is 1.40. The molecule has 156 valence electrons. The van der Waals surface area contributed by atoms with Crippen LogP contribution < -0.4 is 9.47 Å². The first-order chi connectivity index (χ1) is 14.4. The van der Waals surface area contributed by atoms with Crippen LogP contribution in [-0.4, -0.2) is 48.2 Å². The Bertz CT molecular complexity index is 1010. The fourth-order valence-corrected chi connectivity index (χ4v) is 3.36. The zero-order valence-electron chi connectivity index (χ0n) is 16.1. The molecule has 2 heterocycles. The van der Waals surface area contributed by atoms with Gasteiger partial charge in [-0.15, -0.1) is 0 Å². The highest BCUT2D eigenvalue weighted by Crippen LogP contribution is 2.34. The number of hydrogen-bond acceptors (Lipinski definition) is 9. The maximum absolute atomic E-state index is 12.5. The number of thioether (sulfide) groups is 1. The third-order valence-corrected chi connectivity index (χ3v) is 4.78. The van der Waals surface area contributed by atoms with Crippen LogP contribution in [0.2, 0.25) is 0 Å². The molecule has 1 aromatic carbocycles. The van der Waals surface area contributed by atoms with E-state index < -0.39 is 29.6 Å². The number of benzene rings is 1. The molecule has 1 saturated heterocycles. The van der Waals surface area contributed by atoms with Gasteiger partial charge in [0.2, 0.25) is 5.76 Å². The van der Waals surface area contributed by atoms with Gasteiger partial charge in [0.15, 0.2) is 11.5 Å². The van der Waals surface area contributed by atoms with Crippen LogP contribution in [-0.2, 0) is 14.3 Å². The van der Waals surface area contributed by atoms with Crippen LogP contribution in [0.3, 0.4) is 0 Å². The number of nitrogens with zero attached hydrogens (tertiary/aromatic N) is 1. The third kappa shape index (κ3) is 4.71. The lowest BCUT2D eigenvalue weighted by atomic mass is 10.2. The predicted octanol–water partition coefficient (Wildman–Crippen LogP) is 3.11. The van der Waals surface area contributed by atoms with Crippen LogP contribution in [0, 0.1) is 0 Å². The summed E-state index contributed by atoms with van der Waals surface area (Å²) >= 11 is 0.715. The summed E-state index contributed by atoms with van der Waals surface area (Å²) in [5.41, 5.74) is 0.534. The number of hydrogen-bond donors (Lipinski definition) is 0. The number of carbonyl (C=O) groups is 4. The molecule has 3 rings (SSSR count). The average molecular weight is 431 g/mol. The Morgan fingerprint density at radius 1 is 1.20 bits per heavy atom. The molecule has 9 nitrogen and oxygen atoms in total. The number of esters is 2. The van der Waals surface area contributed by atoms with Crippen LogP contribution in [0.25, 0.3) is 6.08 Å². The average Bonchev–Trinajstić information content (AvgIpc) is 3.34. The molecule has 0 bridgehead atoms. The number of furan rings is 1. The summed E-state index contributed by atoms with van der Waals surface area (Å²) in [6.07, 6.45) is 2.84. The first kappa shape index (κ1) is 21.2. The van der Waals surface area contributed by atoms with Crippen molar-refractivity contribution in [3.8, 4) is 11.5 Å². The molecule has 0 unspecified atom stereocenters. The summed E-state index contributed by atoms with van der Waals surface area (Å²) in [6, 6.07) is 7.66. The van der Waals surface area contributed by atoms with Crippen molar-refractivity contribution in [1.82, 2.24) is 4.90 Å². The van der Waals surface area contributed by atoms with Crippen LogP contribution in [0.1, 0.15) is 23.0 Å². The van der Waals surface area contributed by atoms with Gasteiger partial charge in [0.1, 0.15) is 6.54 Å². The Balaban J connectivity index is 1.77. The van der Waals surface area contributed by atoms with Gasteiger partial charge in [0, 0.05) is 0 Å². The van der Waals surface area contributed by atoms with Crippen LogP contribution in [0.5, 0.6) is 11.5 Å². The molecular formula is C20H17NO8S. The van der Waals surface area contributed by atoms with Crippen molar-refractivity contribution in [1.29, 1.82) is 0 Å². The summed E-state index contributed by atoms with van der Waals surface area (Å²) in [5.74, 6) is -1.50. The molecule has 0 saturated carbocycles. The quantitative estimate of drug-likeness (QED) is 0.371. The molecule has 2 amide bonds. The number of amides is 2. The fraction of sp³-hybridized carbons (Fsp3) is 0.200. The van der Waals surface area contributed by atoms with Gasteiger partial charge in [-0.25, -0.2) is 4.79 Å². The topological polar surface area (TPSA) is 112 Å². The van der Waals surface area contributed by atoms with E-state index in [0.717, 1.165) is 4.90 Å². The van der Waals surface area contributed by atoms with Crippen LogP contribution in [0.15, 0.2) is 45.9 Å². The summed E-state index contributed by atoms with van der Waals surface area (Å²) < 4.78 is 20.3. The molecular weight excluding hydrogens is 414 g/mol. The van der Waals surface area contributed by atoms with E-state index >= 15 is 0 Å². The minimum Gasteiger partial charge on any atom is -0.493 e. The van der Waals surface area contributed by atoms with Gasteiger partial charge in [-0.2, -0.15) is 0 Å². The van der Waals surface area contributed by atoms with Crippen molar-refractivity contribution in [2.24, 2.45) is 0 Å². The van der Waals surface area contributed by atoms with E-state index in [1.54, 1.807) is 25.1 Å². The monoisotopic (exact) mass is 431 g/mol. The van der Waals surface area contributed by atoms with E-state index in [0.29, 0.717) is 17.3 Å². The molecule has 0 radical (unpaired) electrons. The Hall–Kier alpha value is -3.53. The van der Waals surface area contributed by atoms with E-state index in [9.17, 15) is 19.2 Å². The maximum atomic E-state index is 12.5. The zero-order chi connectivity index (χ0) is 21.7. The van der Waals surface area contributed by atoms with E-state index in [2.05, 4.69) is 0 Å². The minimum absolute atomic E-state index is 0.0383. The third-order valence-electron chi connectivity index (χ3n) is 3.88. The van der Waals surface area contributed by atoms with Gasteiger partial charge in [-0.3, -0.25) is 19.3 Å². The SMILES string of the molecule is CCOC(=O)CN1C(=O)S/C(=C\c2ccc(OC(=O)c3ccco3)c(OC)c2)C1=O. The Morgan fingerprint density at radius 2 is 2.00 bits per heavy atom. The molecule has 0 aliphatic carbocycles. The Kier molecular flexibility index (Phi) is 6.58. The first-order valence-corrected chi connectivity index (χ1v) is 9.59. The fourth-order valence-electron chi connectivity index (χ4n) is 2.53. The van der Waals surface area contributed by atoms with Gasteiger partial charge in [-0.05, 0) is 54.6 Å². The Morgan fingerprint density at radius 3 is 2.67 bits per heavy atom. The zero-order valence-corrected chi connectivity index (χ0v) is 16.9. The number of ether oxygens (including phenoxy) is 3. The number of carbonyl (C=O) groups excluding carboxylic acids is 4. The first-order valence-electron chi connectivity index (χ1n) is 8.77. The largest absolute Gasteiger partial charge is 0.493 e. The van der Waals surface area contributed by atoms with Gasteiger partial charge < -0.3 is 18.6 Å². The van der Waals surface area contributed by atoms with E-state index in [1.807, 2.05) is 0 Å². The number of methoxy groups -OCH3 is 1. The van der Waals surface area contributed by atoms with Gasteiger partial charge >= 0.3 is 11.9 Å². The van der Waals surface area contributed by atoms with Gasteiger partial charge in [0.05, 0.1) is 24.9 Å². The molecule has 0 atom stereocenters. The van der Waals surface area contributed by atoms with Crippen molar-refractivity contribution >= 4 is 40.9 Å². The molecule has 0 N–H and O–H groups in total. The molecule has 1 aliphatic heterocycles. The molecule has 30 heavy (non-hydrogen) atoms. The van der Waals surface area contributed by atoms with Crippen molar-refractivity contribution in [2.45, 2.75) is 6.92 Å². The molecule has 1 fully saturated rings. The summed E-state index contributed by atoms with van der Waals surface area (Å²) in [4.78, 5) is 49.1. The second-order valence-electron chi connectivity index (χ2n) is 5.85. The highest BCUT2D eigenvalue weighted by molar-refractivity contribution is 8.18. The van der Waals surface area contributed by atoms with Crippen LogP contribution in [0.4, 0.5) is 4.79 Å². The van der Waals surface area contributed by atoms with Crippen molar-refractivity contribution in [2.75, 3.05) is 20.3 Å². The smallest absolute Gasteiger partial charge is 0.379 e. The van der Waals surface area contributed by atoms with Crippen LogP contribution >= 0.6 is 11.8 Å². The normalized spacial score (nSPS) is 14.9. The molecule has 10 heteroatoms. The molecule has 2 aromatic rings. The van der Waals surface area contributed by atoms with E-state index in [-0.39, 0.29) is 28.8 Å². The molecule has 1 aromatic heterocycles. The summed E-state index contributed by atoms with van der Waals surface area (Å²) in [6.45, 7) is 1.34. The number of imide groups is 1. The standard InChI is InChI=1S/C20H17NO8S/c1-3-27-17(22)11-21-18(23)16(30-20(21)25)10-12-6-7-13(15(9-12)26-2)29-19(24)14-5-4-8-28-14/h4-10H,3,11H2,1-2H3/b16-10-. The van der Waals surface area contributed by atoms with Gasteiger partial charge in [0.25, 0.3) is 11.1 Å². The predicted molar refractivity (Wildman–Crippen MR) is 106 cm³/mol. The lowest BCUT2D eigenvalue weighted by Crippen LogP contribution is -2.34. The van der Waals surface area contributed by atoms with Gasteiger partial charge in [-0.1, -0.05) is 6.07 Å². The lowest BCUT2D eigenvalue weighted by Gasteiger charge is -2.11. The van der Waals surface area contributed by atoms with E-state index in [1.165, 1.54) is 31.6 Å². The highest BCUT2D eigenvalue weighted by atomic mass is 32.2. The van der Waals surface area contributed by atoms with Crippen molar-refractivity contribution in [3.63, 3.8) is 0 Å². The second kappa shape index (κ2) is 9.31. The van der Waals surface area contributed by atoms with Crippen molar-refractivity contribution < 1.29 is 37.8 Å².